The molecule has 3 heteroatoms. The highest BCUT2D eigenvalue weighted by molar-refractivity contribution is 7.00. The van der Waals surface area contributed by atoms with Crippen LogP contribution in [0.1, 0.15) is 22.3 Å². The fraction of sp³-hybridized carbons (Fsp3) is 0.0667. The average Bonchev–Trinajstić information content (AvgIpc) is 3.62. The molecule has 0 aliphatic carbocycles. The number of aromatic nitrogens is 2. The number of aryl methyl sites for hydroxylation is 3. The second-order valence-electron chi connectivity index (χ2n) is 12.7. The minimum Gasteiger partial charge on any atom is -0.321 e. The van der Waals surface area contributed by atoms with E-state index in [0.717, 1.165) is 22.4 Å². The quantitative estimate of drug-likeness (QED) is 0.158. The Bertz CT molecular complexity index is 2410. The summed E-state index contributed by atoms with van der Waals surface area (Å²) < 4.78 is 4.97. The summed E-state index contributed by atoms with van der Waals surface area (Å²) in [5.41, 5.74) is 15.6. The van der Waals surface area contributed by atoms with E-state index in [2.05, 4.69) is 188 Å². The normalized spacial score (nSPS) is 11.3. The summed E-state index contributed by atoms with van der Waals surface area (Å²) in [7, 11) is 0. The van der Waals surface area contributed by atoms with E-state index in [-0.39, 0.29) is 6.71 Å². The molecule has 8 aromatic rings. The predicted octanol–water partition coefficient (Wildman–Crippen LogP) is 10.0. The predicted molar refractivity (Wildman–Crippen MR) is 207 cm³/mol. The Balaban J connectivity index is 1.61. The maximum absolute atomic E-state index is 4.93. The van der Waals surface area contributed by atoms with Gasteiger partial charge in [-0.2, -0.15) is 0 Å². The molecule has 2 heterocycles. The van der Waals surface area contributed by atoms with Gasteiger partial charge in [-0.05, 0) is 68.3 Å². The van der Waals surface area contributed by atoms with E-state index in [0.29, 0.717) is 0 Å². The molecular formula is C45H37BN2. The first-order valence-electron chi connectivity index (χ1n) is 16.7. The lowest BCUT2D eigenvalue weighted by atomic mass is 9.35. The topological polar surface area (TPSA) is 9.86 Å². The summed E-state index contributed by atoms with van der Waals surface area (Å²) in [6.07, 6.45) is 0. The van der Waals surface area contributed by atoms with Crippen LogP contribution in [0.5, 0.6) is 0 Å². The number of hydrogen-bond donors (Lipinski definition) is 0. The van der Waals surface area contributed by atoms with Crippen LogP contribution < -0.4 is 11.1 Å². The molecule has 0 N–H and O–H groups in total. The van der Waals surface area contributed by atoms with Crippen LogP contribution in [0.3, 0.4) is 0 Å². The smallest absolute Gasteiger partial charge is 0.264 e. The molecule has 0 bridgehead atoms. The monoisotopic (exact) mass is 616 g/mol. The van der Waals surface area contributed by atoms with E-state index < -0.39 is 0 Å². The molecule has 0 aliphatic heterocycles. The van der Waals surface area contributed by atoms with Crippen molar-refractivity contribution >= 4 is 45.0 Å². The van der Waals surface area contributed by atoms with E-state index in [9.17, 15) is 0 Å². The van der Waals surface area contributed by atoms with Crippen molar-refractivity contribution in [3.05, 3.63) is 187 Å². The molecule has 48 heavy (non-hydrogen) atoms. The van der Waals surface area contributed by atoms with Crippen molar-refractivity contribution < 1.29 is 0 Å². The minimum absolute atomic E-state index is 0.141. The molecule has 0 saturated heterocycles. The zero-order chi connectivity index (χ0) is 32.8. The van der Waals surface area contributed by atoms with Crippen molar-refractivity contribution in [3.8, 4) is 22.6 Å². The molecule has 0 fully saturated rings. The van der Waals surface area contributed by atoms with Crippen LogP contribution in [-0.4, -0.2) is 15.8 Å². The summed E-state index contributed by atoms with van der Waals surface area (Å²) in [5, 5.41) is 2.47. The van der Waals surface area contributed by atoms with E-state index in [1.54, 1.807) is 0 Å². The summed E-state index contributed by atoms with van der Waals surface area (Å²) in [6, 6.07) is 56.7. The standard InChI is InChI=1S/C45H37BN2/c1-31-19-18-20-32(2)43(31)46(34(4)35-21-8-5-9-22-35)45-42(39-28-15-17-30-41(39)48(45)37-25-12-7-13-26-37)44-33(3)38-27-14-16-29-40(38)47(44)36-23-10-6-11-24-36/h5-30H,4H2,1-3H3. The lowest BCUT2D eigenvalue weighted by Gasteiger charge is -2.26. The SMILES string of the molecule is C=C(B(c1c(C)cccc1C)c1c(-c2c(C)c3ccccc3n2-c2ccccc2)c2ccccc2n1-c1ccccc1)c1ccccc1. The number of nitrogens with zero attached hydrogens (tertiary/aromatic N) is 2. The van der Waals surface area contributed by atoms with Gasteiger partial charge in [-0.15, -0.1) is 6.58 Å². The Morgan fingerprint density at radius 1 is 0.500 bits per heavy atom. The van der Waals surface area contributed by atoms with E-state index in [4.69, 9.17) is 6.58 Å². The summed E-state index contributed by atoms with van der Waals surface area (Å²) in [5.74, 6) is 0. The lowest BCUT2D eigenvalue weighted by Crippen LogP contribution is -2.49. The van der Waals surface area contributed by atoms with Gasteiger partial charge in [-0.1, -0.05) is 143 Å². The van der Waals surface area contributed by atoms with Crippen LogP contribution in [0.25, 0.3) is 49.9 Å². The third-order valence-corrected chi connectivity index (χ3v) is 9.90. The van der Waals surface area contributed by atoms with Gasteiger partial charge in [0.15, 0.2) is 0 Å². The maximum Gasteiger partial charge on any atom is 0.264 e. The zero-order valence-corrected chi connectivity index (χ0v) is 27.7. The van der Waals surface area contributed by atoms with Gasteiger partial charge in [0.2, 0.25) is 0 Å². The van der Waals surface area contributed by atoms with Crippen molar-refractivity contribution in [3.63, 3.8) is 0 Å². The summed E-state index contributed by atoms with van der Waals surface area (Å²) in [4.78, 5) is 0. The van der Waals surface area contributed by atoms with Crippen molar-refractivity contribution in [2.45, 2.75) is 20.8 Å². The summed E-state index contributed by atoms with van der Waals surface area (Å²) >= 11 is 0. The first-order chi connectivity index (χ1) is 23.5. The third kappa shape index (κ3) is 4.74. The van der Waals surface area contributed by atoms with Gasteiger partial charge in [-0.3, -0.25) is 0 Å². The van der Waals surface area contributed by atoms with Crippen LogP contribution in [0.4, 0.5) is 0 Å². The Hall–Kier alpha value is -5.80. The molecule has 0 radical (unpaired) electrons. The van der Waals surface area contributed by atoms with Gasteiger partial charge in [0.05, 0.1) is 16.7 Å². The Labute approximate surface area is 283 Å². The van der Waals surface area contributed by atoms with E-state index in [1.807, 2.05) is 0 Å². The van der Waals surface area contributed by atoms with Crippen LogP contribution in [0.2, 0.25) is 0 Å². The van der Waals surface area contributed by atoms with Crippen LogP contribution in [0, 0.1) is 20.8 Å². The molecule has 230 valence electrons. The van der Waals surface area contributed by atoms with Gasteiger partial charge < -0.3 is 9.13 Å². The van der Waals surface area contributed by atoms with Crippen molar-refractivity contribution in [2.24, 2.45) is 0 Å². The highest BCUT2D eigenvalue weighted by Gasteiger charge is 2.36. The van der Waals surface area contributed by atoms with Gasteiger partial charge in [0.25, 0.3) is 6.71 Å². The molecule has 6 aromatic carbocycles. The molecule has 0 unspecified atom stereocenters. The highest BCUT2D eigenvalue weighted by atomic mass is 15.0. The van der Waals surface area contributed by atoms with Crippen molar-refractivity contribution in [2.75, 3.05) is 0 Å². The molecule has 8 rings (SSSR count). The molecule has 0 spiro atoms. The number of fused-ring (bicyclic) bond motifs is 2. The number of hydrogen-bond acceptors (Lipinski definition) is 0. The molecule has 2 nitrogen and oxygen atoms in total. The van der Waals surface area contributed by atoms with Crippen molar-refractivity contribution in [1.29, 1.82) is 0 Å². The molecule has 0 atom stereocenters. The first-order valence-corrected chi connectivity index (χ1v) is 16.7. The number of rotatable bonds is 7. The van der Waals surface area contributed by atoms with Crippen LogP contribution >= 0.6 is 0 Å². The van der Waals surface area contributed by atoms with Gasteiger partial charge >= 0.3 is 0 Å². The first kappa shape index (κ1) is 29.6. The molecule has 2 aromatic heterocycles. The number of benzene rings is 6. The second kappa shape index (κ2) is 12.1. The minimum atomic E-state index is -0.141. The summed E-state index contributed by atoms with van der Waals surface area (Å²) in [6.45, 7) is 11.6. The lowest BCUT2D eigenvalue weighted by molar-refractivity contribution is 1.12. The second-order valence-corrected chi connectivity index (χ2v) is 12.7. The van der Waals surface area contributed by atoms with E-state index >= 15 is 0 Å². The Morgan fingerprint density at radius 3 is 1.58 bits per heavy atom. The third-order valence-electron chi connectivity index (χ3n) is 9.90. The van der Waals surface area contributed by atoms with Gasteiger partial charge in [0.1, 0.15) is 0 Å². The maximum atomic E-state index is 4.93. The fourth-order valence-electron chi connectivity index (χ4n) is 7.76. The Kier molecular flexibility index (Phi) is 7.46. The van der Waals surface area contributed by atoms with Gasteiger partial charge in [-0.25, -0.2) is 0 Å². The fourth-order valence-corrected chi connectivity index (χ4v) is 7.76. The average molecular weight is 617 g/mol. The zero-order valence-electron chi connectivity index (χ0n) is 27.7. The van der Waals surface area contributed by atoms with Gasteiger partial charge in [0, 0.05) is 33.3 Å². The van der Waals surface area contributed by atoms with Crippen molar-refractivity contribution in [1.82, 2.24) is 9.13 Å². The molecule has 0 aliphatic rings. The largest absolute Gasteiger partial charge is 0.321 e. The Morgan fingerprint density at radius 2 is 0.979 bits per heavy atom. The number of para-hydroxylation sites is 4. The van der Waals surface area contributed by atoms with Crippen LogP contribution in [-0.2, 0) is 0 Å². The molecular weight excluding hydrogens is 579 g/mol. The van der Waals surface area contributed by atoms with Crippen LogP contribution in [0.15, 0.2) is 164 Å². The highest BCUT2D eigenvalue weighted by Crippen LogP contribution is 2.41. The molecule has 0 saturated carbocycles. The molecule has 0 amide bonds. The van der Waals surface area contributed by atoms with E-state index in [1.165, 1.54) is 60.8 Å².